The molecule has 0 fully saturated rings. The van der Waals surface area contributed by atoms with Gasteiger partial charge in [0.1, 0.15) is 0 Å². The predicted molar refractivity (Wildman–Crippen MR) is 78.6 cm³/mol. The summed E-state index contributed by atoms with van der Waals surface area (Å²) in [7, 11) is 0. The molecule has 0 aliphatic carbocycles. The van der Waals surface area contributed by atoms with Gasteiger partial charge in [-0.1, -0.05) is 23.2 Å². The lowest BCUT2D eigenvalue weighted by atomic mass is 10.1. The fourth-order valence-electron chi connectivity index (χ4n) is 1.52. The van der Waals surface area contributed by atoms with Crippen LogP contribution in [0.4, 0.5) is 0 Å². The number of nitrogens with zero attached hydrogens (tertiary/aromatic N) is 1. The zero-order chi connectivity index (χ0) is 14.0. The van der Waals surface area contributed by atoms with Gasteiger partial charge in [-0.2, -0.15) is 0 Å². The average Bonchev–Trinajstić information content (AvgIpc) is 2.78. The molecule has 0 saturated heterocycles. The van der Waals surface area contributed by atoms with Crippen LogP contribution in [0.2, 0.25) is 10.0 Å². The highest BCUT2D eigenvalue weighted by Gasteiger charge is 2.12. The average molecular weight is 299 g/mol. The third kappa shape index (κ3) is 3.96. The first-order valence-electron chi connectivity index (χ1n) is 6.00. The molecule has 2 aromatic rings. The van der Waals surface area contributed by atoms with Crippen LogP contribution in [0.1, 0.15) is 26.7 Å². The Labute approximate surface area is 122 Å². The van der Waals surface area contributed by atoms with Crippen LogP contribution in [0, 0.1) is 0 Å². The smallest absolute Gasteiger partial charge is 0.208 e. The van der Waals surface area contributed by atoms with E-state index in [4.69, 9.17) is 27.6 Å². The van der Waals surface area contributed by atoms with Gasteiger partial charge in [-0.3, -0.25) is 0 Å². The molecule has 0 saturated carbocycles. The Balaban J connectivity index is 2.14. The molecule has 0 radical (unpaired) electrons. The van der Waals surface area contributed by atoms with E-state index in [-0.39, 0.29) is 5.54 Å². The normalized spacial score (nSPS) is 11.8. The van der Waals surface area contributed by atoms with E-state index >= 15 is 0 Å². The highest BCUT2D eigenvalue weighted by Crippen LogP contribution is 2.28. The lowest BCUT2D eigenvalue weighted by molar-refractivity contribution is 0.383. The van der Waals surface area contributed by atoms with Gasteiger partial charge in [0, 0.05) is 11.1 Å². The molecule has 19 heavy (non-hydrogen) atoms. The molecule has 5 heteroatoms. The maximum atomic E-state index is 5.99. The van der Waals surface area contributed by atoms with Gasteiger partial charge in [0.15, 0.2) is 5.76 Å². The molecular formula is C14H16Cl2N2O. The van der Waals surface area contributed by atoms with Gasteiger partial charge in [0.2, 0.25) is 5.89 Å². The van der Waals surface area contributed by atoms with Gasteiger partial charge in [-0.25, -0.2) is 4.98 Å². The van der Waals surface area contributed by atoms with Crippen LogP contribution >= 0.6 is 23.2 Å². The number of halogens is 2. The fraction of sp³-hybridized carbons (Fsp3) is 0.357. The van der Waals surface area contributed by atoms with Crippen molar-refractivity contribution in [1.29, 1.82) is 0 Å². The van der Waals surface area contributed by atoms with Gasteiger partial charge >= 0.3 is 0 Å². The molecule has 1 heterocycles. The van der Waals surface area contributed by atoms with E-state index < -0.39 is 0 Å². The molecule has 1 aromatic heterocycles. The Morgan fingerprint density at radius 2 is 1.95 bits per heavy atom. The highest BCUT2D eigenvalue weighted by molar-refractivity contribution is 6.42. The van der Waals surface area contributed by atoms with Crippen LogP contribution in [0.3, 0.4) is 0 Å². The SMILES string of the molecule is CC(C)(C)NCc1ncc(-c2ccc(Cl)c(Cl)c2)o1. The Kier molecular flexibility index (Phi) is 4.19. The second-order valence-electron chi connectivity index (χ2n) is 5.35. The number of hydrogen-bond donors (Lipinski definition) is 1. The molecule has 0 aliphatic heterocycles. The topological polar surface area (TPSA) is 38.1 Å². The molecule has 0 unspecified atom stereocenters. The summed E-state index contributed by atoms with van der Waals surface area (Å²) < 4.78 is 5.68. The number of nitrogens with one attached hydrogen (secondary N) is 1. The van der Waals surface area contributed by atoms with Crippen LogP contribution in [-0.2, 0) is 6.54 Å². The van der Waals surface area contributed by atoms with Gasteiger partial charge in [-0.15, -0.1) is 0 Å². The largest absolute Gasteiger partial charge is 0.439 e. The Hall–Kier alpha value is -1.03. The lowest BCUT2D eigenvalue weighted by Gasteiger charge is -2.18. The first kappa shape index (κ1) is 14.4. The van der Waals surface area contributed by atoms with E-state index in [2.05, 4.69) is 31.1 Å². The van der Waals surface area contributed by atoms with Crippen LogP contribution < -0.4 is 5.32 Å². The Bertz CT molecular complexity index is 573. The molecule has 3 nitrogen and oxygen atoms in total. The Morgan fingerprint density at radius 3 is 2.58 bits per heavy atom. The molecule has 0 atom stereocenters. The summed E-state index contributed by atoms with van der Waals surface area (Å²) in [5.74, 6) is 1.33. The second kappa shape index (κ2) is 5.53. The van der Waals surface area contributed by atoms with Crippen molar-refractivity contribution in [3.63, 3.8) is 0 Å². The minimum absolute atomic E-state index is 0.0260. The van der Waals surface area contributed by atoms with Crippen LogP contribution in [0.15, 0.2) is 28.8 Å². The van der Waals surface area contributed by atoms with E-state index in [9.17, 15) is 0 Å². The summed E-state index contributed by atoms with van der Waals surface area (Å²) in [6.07, 6.45) is 1.69. The van der Waals surface area contributed by atoms with E-state index in [1.54, 1.807) is 18.3 Å². The van der Waals surface area contributed by atoms with Crippen molar-refractivity contribution in [2.75, 3.05) is 0 Å². The zero-order valence-corrected chi connectivity index (χ0v) is 12.6. The Morgan fingerprint density at radius 1 is 1.21 bits per heavy atom. The summed E-state index contributed by atoms with van der Waals surface area (Å²) in [5.41, 5.74) is 0.891. The van der Waals surface area contributed by atoms with Gasteiger partial charge in [0.05, 0.1) is 22.8 Å². The summed E-state index contributed by atoms with van der Waals surface area (Å²) >= 11 is 11.9. The van der Waals surface area contributed by atoms with Gasteiger partial charge in [0.25, 0.3) is 0 Å². The monoisotopic (exact) mass is 298 g/mol. The molecule has 1 aromatic carbocycles. The second-order valence-corrected chi connectivity index (χ2v) is 6.17. The van der Waals surface area contributed by atoms with Crippen molar-refractivity contribution >= 4 is 23.2 Å². The fourth-order valence-corrected chi connectivity index (χ4v) is 1.81. The van der Waals surface area contributed by atoms with Crippen molar-refractivity contribution in [1.82, 2.24) is 10.3 Å². The minimum atomic E-state index is 0.0260. The number of oxazole rings is 1. The van der Waals surface area contributed by atoms with Crippen LogP contribution in [-0.4, -0.2) is 10.5 Å². The number of hydrogen-bond acceptors (Lipinski definition) is 3. The molecule has 0 spiro atoms. The molecule has 2 rings (SSSR count). The van der Waals surface area contributed by atoms with E-state index in [1.165, 1.54) is 0 Å². The molecule has 1 N–H and O–H groups in total. The number of aromatic nitrogens is 1. The third-order valence-corrected chi connectivity index (χ3v) is 3.27. The number of rotatable bonds is 3. The van der Waals surface area contributed by atoms with Crippen molar-refractivity contribution in [3.05, 3.63) is 40.3 Å². The first-order valence-corrected chi connectivity index (χ1v) is 6.76. The summed E-state index contributed by atoms with van der Waals surface area (Å²) in [6, 6.07) is 5.37. The molecule has 0 aliphatic rings. The highest BCUT2D eigenvalue weighted by atomic mass is 35.5. The van der Waals surface area contributed by atoms with Gasteiger partial charge in [-0.05, 0) is 39.0 Å². The van der Waals surface area contributed by atoms with Crippen LogP contribution in [0.25, 0.3) is 11.3 Å². The molecule has 102 valence electrons. The van der Waals surface area contributed by atoms with Crippen molar-refractivity contribution in [2.45, 2.75) is 32.9 Å². The number of benzene rings is 1. The first-order chi connectivity index (χ1) is 8.85. The zero-order valence-electron chi connectivity index (χ0n) is 11.1. The summed E-state index contributed by atoms with van der Waals surface area (Å²) in [6.45, 7) is 6.87. The van der Waals surface area contributed by atoms with Crippen molar-refractivity contribution < 1.29 is 4.42 Å². The van der Waals surface area contributed by atoms with Gasteiger partial charge < -0.3 is 9.73 Å². The van der Waals surface area contributed by atoms with E-state index in [0.29, 0.717) is 28.2 Å². The molecular weight excluding hydrogens is 283 g/mol. The van der Waals surface area contributed by atoms with E-state index in [0.717, 1.165) is 5.56 Å². The molecule has 0 amide bonds. The maximum absolute atomic E-state index is 5.99. The standard InChI is InChI=1S/C14H16Cl2N2O/c1-14(2,3)18-8-13-17-7-12(19-13)9-4-5-10(15)11(16)6-9/h4-7,18H,8H2,1-3H3. The van der Waals surface area contributed by atoms with Crippen LogP contribution in [0.5, 0.6) is 0 Å². The maximum Gasteiger partial charge on any atom is 0.208 e. The molecule has 0 bridgehead atoms. The van der Waals surface area contributed by atoms with Crippen molar-refractivity contribution in [3.8, 4) is 11.3 Å². The van der Waals surface area contributed by atoms with E-state index in [1.807, 2.05) is 6.07 Å². The van der Waals surface area contributed by atoms with Crippen molar-refractivity contribution in [2.24, 2.45) is 0 Å². The minimum Gasteiger partial charge on any atom is -0.439 e. The summed E-state index contributed by atoms with van der Waals surface area (Å²) in [5, 5.41) is 4.35. The quantitative estimate of drug-likeness (QED) is 0.904. The third-order valence-electron chi connectivity index (χ3n) is 2.53. The summed E-state index contributed by atoms with van der Waals surface area (Å²) in [4.78, 5) is 4.24. The lowest BCUT2D eigenvalue weighted by Crippen LogP contribution is -2.35. The predicted octanol–water partition coefficient (Wildman–Crippen LogP) is 4.54.